The summed E-state index contributed by atoms with van der Waals surface area (Å²) in [7, 11) is 3.34. The molecule has 0 amide bonds. The highest BCUT2D eigenvalue weighted by Crippen LogP contribution is 2.46. The molecule has 0 unspecified atom stereocenters. The Morgan fingerprint density at radius 3 is 1.78 bits per heavy atom. The minimum absolute atomic E-state index is 0.0656. The van der Waals surface area contributed by atoms with Crippen LogP contribution in [0.1, 0.15) is 133 Å². The summed E-state index contributed by atoms with van der Waals surface area (Å²) in [5.74, 6) is 1.81. The van der Waals surface area contributed by atoms with Crippen molar-refractivity contribution in [2.24, 2.45) is 0 Å². The number of ether oxygens (including phenoxy) is 2. The number of ketones is 1. The SMILES string of the molecule is CCCCN(c1ccc(C2=C(OC)C(=C3C=CC(=[N+](CCCOC)c4c(C(C)C)cccc4C(C)C)C=C3)C2=O)c(O)c1)c1c(C(C)C)cccc1C(C)C. The van der Waals surface area contributed by atoms with Gasteiger partial charge in [0, 0.05) is 66.4 Å². The summed E-state index contributed by atoms with van der Waals surface area (Å²) >= 11 is 0. The van der Waals surface area contributed by atoms with E-state index >= 15 is 0 Å². The number of methoxy groups -OCH3 is 2. The minimum atomic E-state index is -0.132. The molecule has 0 radical (unpaired) electrons. The van der Waals surface area contributed by atoms with Crippen molar-refractivity contribution in [3.05, 3.63) is 124 Å². The molecule has 0 saturated heterocycles. The van der Waals surface area contributed by atoms with E-state index in [9.17, 15) is 9.90 Å². The van der Waals surface area contributed by atoms with Crippen molar-refractivity contribution in [3.63, 3.8) is 0 Å². The molecule has 0 fully saturated rings. The molecule has 6 heteroatoms. The van der Waals surface area contributed by atoms with Gasteiger partial charge in [0.05, 0.1) is 24.9 Å². The minimum Gasteiger partial charge on any atom is -0.507 e. The van der Waals surface area contributed by atoms with Gasteiger partial charge in [-0.05, 0) is 71.1 Å². The van der Waals surface area contributed by atoms with E-state index in [1.807, 2.05) is 30.4 Å². The van der Waals surface area contributed by atoms with Crippen LogP contribution in [-0.2, 0) is 14.3 Å². The first-order chi connectivity index (χ1) is 26.4. The number of carbonyl (C=O) groups is 1. The highest BCUT2D eigenvalue weighted by atomic mass is 16.5. The van der Waals surface area contributed by atoms with Gasteiger partial charge in [0.2, 0.25) is 17.2 Å². The maximum absolute atomic E-state index is 14.0. The first kappa shape index (κ1) is 41.5. The molecule has 55 heavy (non-hydrogen) atoms. The number of anilines is 2. The summed E-state index contributed by atoms with van der Waals surface area (Å²) in [5, 5.41) is 11.6. The molecule has 5 rings (SSSR count). The largest absolute Gasteiger partial charge is 0.507 e. The Morgan fingerprint density at radius 2 is 1.29 bits per heavy atom. The first-order valence-electron chi connectivity index (χ1n) is 20.3. The molecular formula is C49H63N2O4+. The van der Waals surface area contributed by atoms with Crippen LogP contribution in [0.5, 0.6) is 5.75 Å². The van der Waals surface area contributed by atoms with E-state index in [1.165, 1.54) is 33.6 Å². The van der Waals surface area contributed by atoms with Gasteiger partial charge in [-0.15, -0.1) is 0 Å². The van der Waals surface area contributed by atoms with Crippen LogP contribution in [-0.4, -0.2) is 55.1 Å². The lowest BCUT2D eigenvalue weighted by Gasteiger charge is -2.32. The van der Waals surface area contributed by atoms with Crippen molar-refractivity contribution in [2.75, 3.05) is 38.8 Å². The third kappa shape index (κ3) is 8.60. The van der Waals surface area contributed by atoms with Gasteiger partial charge >= 0.3 is 0 Å². The third-order valence-electron chi connectivity index (χ3n) is 10.8. The van der Waals surface area contributed by atoms with E-state index in [1.54, 1.807) is 14.2 Å². The van der Waals surface area contributed by atoms with Gasteiger partial charge in [-0.3, -0.25) is 4.79 Å². The molecule has 0 atom stereocenters. The number of benzene rings is 3. The zero-order valence-electron chi connectivity index (χ0n) is 35.1. The smallest absolute Gasteiger partial charge is 0.212 e. The van der Waals surface area contributed by atoms with Crippen molar-refractivity contribution in [1.29, 1.82) is 0 Å². The number of hydrogen-bond donors (Lipinski definition) is 1. The van der Waals surface area contributed by atoms with Gasteiger partial charge in [0.1, 0.15) is 11.5 Å². The van der Waals surface area contributed by atoms with Gasteiger partial charge in [-0.1, -0.05) is 105 Å². The fourth-order valence-electron chi connectivity index (χ4n) is 7.88. The number of para-hydroxylation sites is 2. The summed E-state index contributed by atoms with van der Waals surface area (Å²) in [6, 6.07) is 19.0. The van der Waals surface area contributed by atoms with E-state index < -0.39 is 0 Å². The summed E-state index contributed by atoms with van der Waals surface area (Å²) in [6.07, 6.45) is 11.2. The van der Waals surface area contributed by atoms with Gasteiger partial charge in [0.25, 0.3) is 0 Å². The van der Waals surface area contributed by atoms with Gasteiger partial charge in [-0.25, -0.2) is 0 Å². The monoisotopic (exact) mass is 743 g/mol. The number of hydrogen-bond acceptors (Lipinski definition) is 5. The fraction of sp³-hybridized carbons (Fsp3) is 0.429. The van der Waals surface area contributed by atoms with Crippen LogP contribution < -0.4 is 4.90 Å². The molecule has 292 valence electrons. The highest BCUT2D eigenvalue weighted by molar-refractivity contribution is 6.40. The Bertz CT molecular complexity index is 1970. The Kier molecular flexibility index (Phi) is 13.8. The second kappa shape index (κ2) is 18.3. The zero-order valence-corrected chi connectivity index (χ0v) is 35.1. The molecule has 0 spiro atoms. The standard InChI is InChI=1S/C49H62N2O4/c1-12-13-27-51(47-40(33(6)7)19-15-20-41(47)34(8)9)37-25-26-42(43(52)30-37)45-48(53)44(49(45)55-11)35-21-23-36(24-22-35)50(28-16-29-54-10)46-38(31(2)3)17-14-18-39(46)32(4)5/h14-15,17-26,30-34H,12-13,16,27-29H2,1-11H3/p+1. The third-order valence-corrected chi connectivity index (χ3v) is 10.8. The Hall–Kier alpha value is -4.68. The highest BCUT2D eigenvalue weighted by Gasteiger charge is 2.39. The second-order valence-corrected chi connectivity index (χ2v) is 16.1. The lowest BCUT2D eigenvalue weighted by atomic mass is 9.79. The van der Waals surface area contributed by atoms with Crippen LogP contribution in [0.15, 0.2) is 95.8 Å². The van der Waals surface area contributed by atoms with Crippen LogP contribution in [0.3, 0.4) is 0 Å². The molecule has 3 aromatic carbocycles. The Labute approximate surface area is 330 Å². The van der Waals surface area contributed by atoms with E-state index in [0.29, 0.717) is 52.7 Å². The van der Waals surface area contributed by atoms with E-state index in [2.05, 4.69) is 120 Å². The van der Waals surface area contributed by atoms with Crippen molar-refractivity contribution < 1.29 is 24.0 Å². The molecule has 1 N–H and O–H groups in total. The first-order valence-corrected chi connectivity index (χ1v) is 20.3. The molecule has 0 aliphatic heterocycles. The predicted octanol–water partition coefficient (Wildman–Crippen LogP) is 12.0. The van der Waals surface area contributed by atoms with E-state index in [0.717, 1.165) is 49.3 Å². The maximum Gasteiger partial charge on any atom is 0.212 e. The fourth-order valence-corrected chi connectivity index (χ4v) is 7.88. The number of carbonyl (C=O) groups excluding carboxylic acids is 1. The van der Waals surface area contributed by atoms with Crippen molar-refractivity contribution in [1.82, 2.24) is 0 Å². The van der Waals surface area contributed by atoms with Gasteiger partial charge in [0.15, 0.2) is 6.54 Å². The molecule has 6 nitrogen and oxygen atoms in total. The topological polar surface area (TPSA) is 62.0 Å². The van der Waals surface area contributed by atoms with E-state index in [-0.39, 0.29) is 11.5 Å². The average molecular weight is 744 g/mol. The summed E-state index contributed by atoms with van der Waals surface area (Å²) < 4.78 is 13.8. The summed E-state index contributed by atoms with van der Waals surface area (Å²) in [6.45, 7) is 22.4. The van der Waals surface area contributed by atoms with Crippen LogP contribution in [0.25, 0.3) is 5.57 Å². The number of aromatic hydroxyl groups is 1. The lowest BCUT2D eigenvalue weighted by molar-refractivity contribution is -0.441. The summed E-state index contributed by atoms with van der Waals surface area (Å²) in [4.78, 5) is 16.4. The molecule has 2 aliphatic carbocycles. The number of nitrogens with zero attached hydrogens (tertiary/aromatic N) is 2. The molecule has 0 bridgehead atoms. The number of unbranched alkanes of at least 4 members (excludes halogenated alkanes) is 1. The second-order valence-electron chi connectivity index (χ2n) is 16.1. The average Bonchev–Trinajstić information content (AvgIpc) is 3.16. The predicted molar refractivity (Wildman–Crippen MR) is 230 cm³/mol. The molecule has 0 saturated carbocycles. The lowest BCUT2D eigenvalue weighted by Crippen LogP contribution is -2.25. The maximum atomic E-state index is 14.0. The number of phenols is 1. The summed E-state index contributed by atoms with van der Waals surface area (Å²) in [5.41, 5.74) is 11.9. The molecule has 2 aliphatic rings. The molecular weight excluding hydrogens is 681 g/mol. The zero-order chi connectivity index (χ0) is 40.0. The van der Waals surface area contributed by atoms with Gasteiger partial charge in [-0.2, -0.15) is 4.58 Å². The quantitative estimate of drug-likeness (QED) is 0.0899. The number of phenolic OH excluding ortho intramolecular Hbond substituents is 1. The van der Waals surface area contributed by atoms with Crippen LogP contribution >= 0.6 is 0 Å². The number of allylic oxidation sites excluding steroid dienone is 7. The molecule has 0 heterocycles. The normalized spacial score (nSPS) is 14.3. The van der Waals surface area contributed by atoms with Crippen molar-refractivity contribution in [2.45, 2.75) is 105 Å². The molecule has 3 aromatic rings. The number of Topliss-reactive ketones (excluding diaryl/α,β-unsaturated/α-hetero) is 1. The van der Waals surface area contributed by atoms with Crippen LogP contribution in [0.4, 0.5) is 17.1 Å². The van der Waals surface area contributed by atoms with E-state index in [4.69, 9.17) is 9.47 Å². The molecule has 0 aromatic heterocycles. The van der Waals surface area contributed by atoms with Crippen LogP contribution in [0.2, 0.25) is 0 Å². The van der Waals surface area contributed by atoms with Crippen molar-refractivity contribution >= 4 is 34.1 Å². The number of rotatable bonds is 16. The van der Waals surface area contributed by atoms with Crippen molar-refractivity contribution in [3.8, 4) is 5.75 Å². The van der Waals surface area contributed by atoms with Gasteiger partial charge < -0.3 is 19.5 Å². The Balaban J connectivity index is 1.56. The van der Waals surface area contributed by atoms with Crippen LogP contribution in [0, 0.1) is 0 Å². The Morgan fingerprint density at radius 1 is 0.727 bits per heavy atom.